The molecule has 82 valence electrons. The molecular weight excluding hydrogens is 196 g/mol. The summed E-state index contributed by atoms with van der Waals surface area (Å²) in [5.41, 5.74) is 4.90. The van der Waals surface area contributed by atoms with Gasteiger partial charge in [-0.25, -0.2) is 14.3 Å². The standard InChI is InChI=1S/C9H14N4O2/c1-9(2,3)15-8(14)13-4-6(7(10)11)12-5-13/h4-5H,1-3H3,(H3,10,11). The van der Waals surface area contributed by atoms with Crippen molar-refractivity contribution in [2.75, 3.05) is 0 Å². The Labute approximate surface area is 87.6 Å². The van der Waals surface area contributed by atoms with E-state index >= 15 is 0 Å². The third-order valence-electron chi connectivity index (χ3n) is 1.46. The average Bonchev–Trinajstić information content (AvgIpc) is 2.47. The minimum atomic E-state index is -0.558. The second-order valence-corrected chi connectivity index (χ2v) is 4.06. The van der Waals surface area contributed by atoms with Crippen LogP contribution in [-0.4, -0.2) is 27.1 Å². The summed E-state index contributed by atoms with van der Waals surface area (Å²) in [6.07, 6.45) is 2.09. The molecule has 0 saturated heterocycles. The Hall–Kier alpha value is -1.85. The number of hydrogen-bond donors (Lipinski definition) is 2. The lowest BCUT2D eigenvalue weighted by Crippen LogP contribution is -2.26. The molecule has 6 nitrogen and oxygen atoms in total. The quantitative estimate of drug-likeness (QED) is 0.533. The lowest BCUT2D eigenvalue weighted by molar-refractivity contribution is 0.0536. The number of ether oxygens (including phenoxy) is 1. The Morgan fingerprint density at radius 3 is 2.60 bits per heavy atom. The fraction of sp³-hybridized carbons (Fsp3) is 0.444. The van der Waals surface area contributed by atoms with E-state index in [9.17, 15) is 4.79 Å². The molecule has 6 heteroatoms. The molecule has 0 aliphatic heterocycles. The van der Waals surface area contributed by atoms with Crippen LogP contribution in [0.4, 0.5) is 4.79 Å². The Morgan fingerprint density at radius 1 is 1.60 bits per heavy atom. The largest absolute Gasteiger partial charge is 0.443 e. The second kappa shape index (κ2) is 3.72. The zero-order valence-corrected chi connectivity index (χ0v) is 8.94. The van der Waals surface area contributed by atoms with Crippen LogP contribution in [0.3, 0.4) is 0 Å². The van der Waals surface area contributed by atoms with Crippen molar-refractivity contribution in [2.24, 2.45) is 5.73 Å². The van der Waals surface area contributed by atoms with E-state index in [2.05, 4.69) is 4.98 Å². The lowest BCUT2D eigenvalue weighted by atomic mass is 10.2. The molecule has 0 atom stereocenters. The highest BCUT2D eigenvalue weighted by Gasteiger charge is 2.18. The average molecular weight is 210 g/mol. The highest BCUT2D eigenvalue weighted by molar-refractivity contribution is 5.93. The topological polar surface area (TPSA) is 94.0 Å². The number of imidazole rings is 1. The van der Waals surface area contributed by atoms with Crippen LogP contribution in [-0.2, 0) is 4.74 Å². The lowest BCUT2D eigenvalue weighted by Gasteiger charge is -2.18. The van der Waals surface area contributed by atoms with Crippen molar-refractivity contribution in [3.05, 3.63) is 18.2 Å². The molecule has 0 fully saturated rings. The van der Waals surface area contributed by atoms with Crippen LogP contribution in [0.5, 0.6) is 0 Å². The molecule has 0 saturated carbocycles. The molecule has 1 aromatic rings. The fourth-order valence-corrected chi connectivity index (χ4v) is 0.876. The van der Waals surface area contributed by atoms with Gasteiger partial charge in [-0.05, 0) is 20.8 Å². The van der Waals surface area contributed by atoms with Crippen molar-refractivity contribution in [1.82, 2.24) is 9.55 Å². The number of nitrogens with zero attached hydrogens (tertiary/aromatic N) is 2. The van der Waals surface area contributed by atoms with E-state index in [0.29, 0.717) is 0 Å². The number of nitrogens with two attached hydrogens (primary N) is 1. The van der Waals surface area contributed by atoms with Gasteiger partial charge in [-0.1, -0.05) is 0 Å². The summed E-state index contributed by atoms with van der Waals surface area (Å²) in [4.78, 5) is 15.3. The predicted octanol–water partition coefficient (Wildman–Crippen LogP) is 0.950. The monoisotopic (exact) mass is 210 g/mol. The summed E-state index contributed by atoms with van der Waals surface area (Å²) in [7, 11) is 0. The van der Waals surface area contributed by atoms with Gasteiger partial charge in [0, 0.05) is 6.20 Å². The molecule has 0 aromatic carbocycles. The van der Waals surface area contributed by atoms with Crippen LogP contribution in [0.2, 0.25) is 0 Å². The smallest absolute Gasteiger partial charge is 0.419 e. The molecule has 3 N–H and O–H groups in total. The second-order valence-electron chi connectivity index (χ2n) is 4.06. The van der Waals surface area contributed by atoms with Gasteiger partial charge in [-0.15, -0.1) is 0 Å². The Morgan fingerprint density at radius 2 is 2.20 bits per heavy atom. The van der Waals surface area contributed by atoms with Crippen molar-refractivity contribution in [1.29, 1.82) is 5.41 Å². The zero-order chi connectivity index (χ0) is 11.6. The summed E-state index contributed by atoms with van der Waals surface area (Å²) in [6.45, 7) is 5.31. The van der Waals surface area contributed by atoms with E-state index in [1.807, 2.05) is 0 Å². The molecule has 0 spiro atoms. The summed E-state index contributed by atoms with van der Waals surface area (Å²) in [5, 5.41) is 7.12. The first-order chi connectivity index (χ1) is 6.79. The number of rotatable bonds is 1. The van der Waals surface area contributed by atoms with Crippen molar-refractivity contribution in [3.8, 4) is 0 Å². The molecule has 1 heterocycles. The molecule has 1 aromatic heterocycles. The molecular formula is C9H14N4O2. The highest BCUT2D eigenvalue weighted by atomic mass is 16.6. The van der Waals surface area contributed by atoms with Crippen molar-refractivity contribution >= 4 is 11.9 Å². The third-order valence-corrected chi connectivity index (χ3v) is 1.46. The Kier molecular flexibility index (Phi) is 2.78. The van der Waals surface area contributed by atoms with Crippen LogP contribution < -0.4 is 5.73 Å². The molecule has 1 rings (SSSR count). The van der Waals surface area contributed by atoms with Gasteiger partial charge in [0.05, 0.1) is 0 Å². The number of nitrogen functional groups attached to an aromatic ring is 1. The van der Waals surface area contributed by atoms with Crippen LogP contribution in [0.15, 0.2) is 12.5 Å². The number of carbonyl (C=O) groups excluding carboxylic acids is 1. The summed E-state index contributed by atoms with van der Waals surface area (Å²) >= 11 is 0. The number of carbonyl (C=O) groups is 1. The first-order valence-corrected chi connectivity index (χ1v) is 4.41. The minimum Gasteiger partial charge on any atom is -0.443 e. The molecule has 15 heavy (non-hydrogen) atoms. The van der Waals surface area contributed by atoms with Gasteiger partial charge in [-0.2, -0.15) is 0 Å². The van der Waals surface area contributed by atoms with Gasteiger partial charge in [0.15, 0.2) is 0 Å². The number of aromatic nitrogens is 2. The number of hydrogen-bond acceptors (Lipinski definition) is 4. The minimum absolute atomic E-state index is 0.183. The van der Waals surface area contributed by atoms with Gasteiger partial charge >= 0.3 is 6.09 Å². The van der Waals surface area contributed by atoms with Gasteiger partial charge in [0.25, 0.3) is 0 Å². The molecule has 0 amide bonds. The van der Waals surface area contributed by atoms with Crippen LogP contribution >= 0.6 is 0 Å². The SMILES string of the molecule is CC(C)(C)OC(=O)n1cnc(C(=N)N)c1. The first-order valence-electron chi connectivity index (χ1n) is 4.41. The van der Waals surface area contributed by atoms with E-state index in [1.54, 1.807) is 20.8 Å². The van der Waals surface area contributed by atoms with E-state index in [-0.39, 0.29) is 11.5 Å². The predicted molar refractivity (Wildman–Crippen MR) is 54.9 cm³/mol. The van der Waals surface area contributed by atoms with Crippen LogP contribution in [0.1, 0.15) is 26.5 Å². The first kappa shape index (κ1) is 11.2. The van der Waals surface area contributed by atoms with Crippen molar-refractivity contribution in [2.45, 2.75) is 26.4 Å². The summed E-state index contributed by atoms with van der Waals surface area (Å²) in [6, 6.07) is 0. The molecule has 0 bridgehead atoms. The van der Waals surface area contributed by atoms with Gasteiger partial charge in [0.2, 0.25) is 0 Å². The normalized spacial score (nSPS) is 11.1. The highest BCUT2D eigenvalue weighted by Crippen LogP contribution is 2.09. The molecule has 0 aliphatic rings. The van der Waals surface area contributed by atoms with Crippen molar-refractivity contribution in [3.63, 3.8) is 0 Å². The molecule has 0 unspecified atom stereocenters. The molecule has 0 aliphatic carbocycles. The zero-order valence-electron chi connectivity index (χ0n) is 8.94. The van der Waals surface area contributed by atoms with E-state index in [1.165, 1.54) is 12.5 Å². The van der Waals surface area contributed by atoms with Gasteiger partial charge < -0.3 is 10.5 Å². The maximum atomic E-state index is 11.5. The maximum Gasteiger partial charge on any atom is 0.419 e. The number of amidine groups is 1. The maximum absolute atomic E-state index is 11.5. The third kappa shape index (κ3) is 3.08. The van der Waals surface area contributed by atoms with E-state index < -0.39 is 11.7 Å². The molecule has 0 radical (unpaired) electrons. The van der Waals surface area contributed by atoms with Crippen LogP contribution in [0.25, 0.3) is 0 Å². The summed E-state index contributed by atoms with van der Waals surface area (Å²) in [5.74, 6) is -0.183. The fourth-order valence-electron chi connectivity index (χ4n) is 0.876. The van der Waals surface area contributed by atoms with Gasteiger partial charge in [0.1, 0.15) is 23.5 Å². The van der Waals surface area contributed by atoms with E-state index in [4.69, 9.17) is 15.9 Å². The van der Waals surface area contributed by atoms with Crippen molar-refractivity contribution < 1.29 is 9.53 Å². The Balaban J connectivity index is 2.79. The summed E-state index contributed by atoms with van der Waals surface area (Å²) < 4.78 is 6.24. The number of nitrogens with one attached hydrogen (secondary N) is 1. The van der Waals surface area contributed by atoms with Crippen LogP contribution in [0, 0.1) is 5.41 Å². The van der Waals surface area contributed by atoms with E-state index in [0.717, 1.165) is 4.57 Å². The van der Waals surface area contributed by atoms with Gasteiger partial charge in [-0.3, -0.25) is 5.41 Å². The Bertz CT molecular complexity index is 389.